The van der Waals surface area contributed by atoms with E-state index in [0.717, 1.165) is 19.3 Å². The second-order valence-electron chi connectivity index (χ2n) is 3.07. The standard InChI is InChI=1S/C9H16N2S.ClH/c1-3-8(10)4-5-9-7(2)11-6-12-9;/h6,8H,3-5,10H2,1-2H3;1H. The number of halogens is 1. The first-order valence-corrected chi connectivity index (χ1v) is 5.26. The Morgan fingerprint density at radius 2 is 2.31 bits per heavy atom. The summed E-state index contributed by atoms with van der Waals surface area (Å²) in [5, 5.41) is 0. The van der Waals surface area contributed by atoms with Gasteiger partial charge < -0.3 is 5.73 Å². The van der Waals surface area contributed by atoms with Gasteiger partial charge in [0.15, 0.2) is 0 Å². The molecule has 0 radical (unpaired) electrons. The zero-order valence-corrected chi connectivity index (χ0v) is 9.75. The molecule has 0 saturated carbocycles. The molecule has 1 unspecified atom stereocenters. The molecule has 0 bridgehead atoms. The molecular weight excluding hydrogens is 204 g/mol. The van der Waals surface area contributed by atoms with Crippen molar-refractivity contribution in [1.29, 1.82) is 0 Å². The summed E-state index contributed by atoms with van der Waals surface area (Å²) in [6.45, 7) is 4.19. The topological polar surface area (TPSA) is 38.9 Å². The number of nitrogens with two attached hydrogens (primary N) is 1. The third-order valence-electron chi connectivity index (χ3n) is 2.11. The third-order valence-corrected chi connectivity index (χ3v) is 3.11. The Kier molecular flexibility index (Phi) is 6.29. The lowest BCUT2D eigenvalue weighted by molar-refractivity contribution is 0.597. The molecule has 0 saturated heterocycles. The Balaban J connectivity index is 0.00000144. The summed E-state index contributed by atoms with van der Waals surface area (Å²) in [6.07, 6.45) is 3.24. The molecule has 1 aromatic rings. The Morgan fingerprint density at radius 3 is 2.77 bits per heavy atom. The van der Waals surface area contributed by atoms with Gasteiger partial charge in [0.05, 0.1) is 11.2 Å². The van der Waals surface area contributed by atoms with Gasteiger partial charge in [-0.05, 0) is 26.2 Å². The van der Waals surface area contributed by atoms with Crippen molar-refractivity contribution in [2.75, 3.05) is 0 Å². The van der Waals surface area contributed by atoms with Gasteiger partial charge in [-0.3, -0.25) is 0 Å². The molecule has 0 aromatic carbocycles. The van der Waals surface area contributed by atoms with E-state index in [2.05, 4.69) is 18.8 Å². The smallest absolute Gasteiger partial charge is 0.0797 e. The summed E-state index contributed by atoms with van der Waals surface area (Å²) in [7, 11) is 0. The minimum Gasteiger partial charge on any atom is -0.328 e. The molecule has 0 aliphatic rings. The van der Waals surface area contributed by atoms with Crippen LogP contribution < -0.4 is 5.73 Å². The average Bonchev–Trinajstić information content (AvgIpc) is 2.47. The summed E-state index contributed by atoms with van der Waals surface area (Å²) < 4.78 is 0. The zero-order chi connectivity index (χ0) is 8.97. The van der Waals surface area contributed by atoms with Crippen LogP contribution in [0.3, 0.4) is 0 Å². The fourth-order valence-corrected chi connectivity index (χ4v) is 1.88. The van der Waals surface area contributed by atoms with Crippen molar-refractivity contribution >= 4 is 23.7 Å². The van der Waals surface area contributed by atoms with Crippen molar-refractivity contribution in [3.63, 3.8) is 0 Å². The Labute approximate surface area is 90.0 Å². The first-order chi connectivity index (χ1) is 5.74. The minimum atomic E-state index is 0. The average molecular weight is 221 g/mol. The summed E-state index contributed by atoms with van der Waals surface area (Å²) in [5.41, 5.74) is 8.90. The fraction of sp³-hybridized carbons (Fsp3) is 0.667. The van der Waals surface area contributed by atoms with E-state index in [-0.39, 0.29) is 12.4 Å². The van der Waals surface area contributed by atoms with Crippen LogP contribution in [0.2, 0.25) is 0 Å². The molecule has 0 fully saturated rings. The molecular formula is C9H17ClN2S. The molecule has 76 valence electrons. The quantitative estimate of drug-likeness (QED) is 0.847. The lowest BCUT2D eigenvalue weighted by atomic mass is 10.1. The number of aryl methyl sites for hydroxylation is 2. The van der Waals surface area contributed by atoms with Gasteiger partial charge in [0.25, 0.3) is 0 Å². The molecule has 0 amide bonds. The highest BCUT2D eigenvalue weighted by Gasteiger charge is 2.04. The lowest BCUT2D eigenvalue weighted by Gasteiger charge is -2.06. The highest BCUT2D eigenvalue weighted by atomic mass is 35.5. The van der Waals surface area contributed by atoms with Gasteiger partial charge in [0, 0.05) is 10.9 Å². The molecule has 1 heterocycles. The SMILES string of the molecule is CCC(N)CCc1scnc1C.Cl. The number of aromatic nitrogens is 1. The maximum Gasteiger partial charge on any atom is 0.0797 e. The van der Waals surface area contributed by atoms with Crippen molar-refractivity contribution in [2.24, 2.45) is 5.73 Å². The van der Waals surface area contributed by atoms with E-state index in [1.54, 1.807) is 11.3 Å². The Bertz CT molecular complexity index is 237. The monoisotopic (exact) mass is 220 g/mol. The van der Waals surface area contributed by atoms with Crippen LogP contribution in [0, 0.1) is 6.92 Å². The summed E-state index contributed by atoms with van der Waals surface area (Å²) >= 11 is 1.74. The second kappa shape index (κ2) is 6.35. The molecule has 2 nitrogen and oxygen atoms in total. The van der Waals surface area contributed by atoms with Gasteiger partial charge in [0.1, 0.15) is 0 Å². The first kappa shape index (κ1) is 12.9. The van der Waals surface area contributed by atoms with E-state index in [4.69, 9.17) is 5.73 Å². The maximum atomic E-state index is 5.82. The molecule has 13 heavy (non-hydrogen) atoms. The van der Waals surface area contributed by atoms with Gasteiger partial charge >= 0.3 is 0 Å². The summed E-state index contributed by atoms with van der Waals surface area (Å²) in [5.74, 6) is 0. The molecule has 2 N–H and O–H groups in total. The van der Waals surface area contributed by atoms with Crippen LogP contribution in [-0.4, -0.2) is 11.0 Å². The lowest BCUT2D eigenvalue weighted by Crippen LogP contribution is -2.18. The van der Waals surface area contributed by atoms with Crippen LogP contribution in [0.25, 0.3) is 0 Å². The highest BCUT2D eigenvalue weighted by molar-refractivity contribution is 7.09. The second-order valence-corrected chi connectivity index (χ2v) is 4.01. The minimum absolute atomic E-state index is 0. The van der Waals surface area contributed by atoms with E-state index < -0.39 is 0 Å². The first-order valence-electron chi connectivity index (χ1n) is 4.38. The third kappa shape index (κ3) is 4.07. The van der Waals surface area contributed by atoms with Crippen molar-refractivity contribution in [1.82, 2.24) is 4.98 Å². The zero-order valence-electron chi connectivity index (χ0n) is 8.12. The van der Waals surface area contributed by atoms with Crippen LogP contribution in [0.15, 0.2) is 5.51 Å². The number of rotatable bonds is 4. The summed E-state index contributed by atoms with van der Waals surface area (Å²) in [6, 6.07) is 0.353. The largest absolute Gasteiger partial charge is 0.328 e. The summed E-state index contributed by atoms with van der Waals surface area (Å²) in [4.78, 5) is 5.59. The molecule has 1 aromatic heterocycles. The van der Waals surface area contributed by atoms with Crippen molar-refractivity contribution < 1.29 is 0 Å². The van der Waals surface area contributed by atoms with Crippen LogP contribution in [0.5, 0.6) is 0 Å². The highest BCUT2D eigenvalue weighted by Crippen LogP contribution is 2.15. The number of thiazole rings is 1. The Hall–Kier alpha value is -0.120. The molecule has 0 spiro atoms. The molecule has 0 aliphatic heterocycles. The van der Waals surface area contributed by atoms with Crippen LogP contribution in [0.1, 0.15) is 30.3 Å². The van der Waals surface area contributed by atoms with Crippen molar-refractivity contribution in [3.8, 4) is 0 Å². The van der Waals surface area contributed by atoms with Crippen molar-refractivity contribution in [3.05, 3.63) is 16.1 Å². The van der Waals surface area contributed by atoms with E-state index in [9.17, 15) is 0 Å². The fourth-order valence-electron chi connectivity index (χ4n) is 1.09. The van der Waals surface area contributed by atoms with E-state index >= 15 is 0 Å². The van der Waals surface area contributed by atoms with Gasteiger partial charge in [-0.15, -0.1) is 23.7 Å². The number of hydrogen-bond acceptors (Lipinski definition) is 3. The van der Waals surface area contributed by atoms with Crippen molar-refractivity contribution in [2.45, 2.75) is 39.2 Å². The van der Waals surface area contributed by atoms with Crippen LogP contribution in [0.4, 0.5) is 0 Å². The number of hydrogen-bond donors (Lipinski definition) is 1. The number of nitrogens with zero attached hydrogens (tertiary/aromatic N) is 1. The van der Waals surface area contributed by atoms with Gasteiger partial charge in [-0.25, -0.2) is 4.98 Å². The van der Waals surface area contributed by atoms with Crippen LogP contribution in [-0.2, 0) is 6.42 Å². The predicted molar refractivity (Wildman–Crippen MR) is 60.7 cm³/mol. The molecule has 1 rings (SSSR count). The van der Waals surface area contributed by atoms with Crippen LogP contribution >= 0.6 is 23.7 Å². The Morgan fingerprint density at radius 1 is 1.62 bits per heavy atom. The normalized spacial score (nSPS) is 12.2. The molecule has 1 atom stereocenters. The van der Waals surface area contributed by atoms with E-state index in [0.29, 0.717) is 6.04 Å². The van der Waals surface area contributed by atoms with E-state index in [1.807, 2.05) is 5.51 Å². The molecule has 0 aliphatic carbocycles. The van der Waals surface area contributed by atoms with E-state index in [1.165, 1.54) is 10.6 Å². The van der Waals surface area contributed by atoms with Gasteiger partial charge in [-0.1, -0.05) is 6.92 Å². The van der Waals surface area contributed by atoms with Gasteiger partial charge in [0.2, 0.25) is 0 Å². The predicted octanol–water partition coefficient (Wildman–Crippen LogP) is 2.54. The molecule has 4 heteroatoms. The van der Waals surface area contributed by atoms with Gasteiger partial charge in [-0.2, -0.15) is 0 Å². The maximum absolute atomic E-state index is 5.82.